The van der Waals surface area contributed by atoms with Crippen molar-refractivity contribution < 1.29 is 63.6 Å². The Hall–Kier alpha value is -1.28. The number of hydrogen-bond donors (Lipinski definition) is 0. The summed E-state index contributed by atoms with van der Waals surface area (Å²) in [6.07, 6.45) is 1.23. The van der Waals surface area contributed by atoms with Crippen LogP contribution in [0.4, 0.5) is 17.1 Å². The SMILES string of the molecule is O=S([O-])OCCCC(SCCCS(=O)(=O)[O-])=C1c2ccccc2N(c2ccccc2)c2ccccc21.[Li+].[Li+]. The molecule has 0 N–H and O–H groups in total. The number of benzene rings is 3. The second-order valence-corrected chi connectivity index (χ2v) is 11.5. The third-order valence-electron chi connectivity index (χ3n) is 5.66. The number of thioether (sulfide) groups is 1. The predicted molar refractivity (Wildman–Crippen MR) is 143 cm³/mol. The molecule has 0 amide bonds. The molecule has 0 fully saturated rings. The zero-order chi connectivity index (χ0) is 25.5. The minimum Gasteiger partial charge on any atom is -0.750 e. The number of anilines is 3. The average molecular weight is 558 g/mol. The summed E-state index contributed by atoms with van der Waals surface area (Å²) < 4.78 is 59.6. The minimum atomic E-state index is -4.29. The van der Waals surface area contributed by atoms with Crippen molar-refractivity contribution in [3.05, 3.63) is 94.9 Å². The van der Waals surface area contributed by atoms with E-state index in [0.717, 1.165) is 38.7 Å². The molecule has 0 bridgehead atoms. The fraction of sp³-hybridized carbons (Fsp3) is 0.231. The monoisotopic (exact) mass is 557 g/mol. The first kappa shape index (κ1) is 32.9. The van der Waals surface area contributed by atoms with Gasteiger partial charge in [0.1, 0.15) is 0 Å². The largest absolute Gasteiger partial charge is 1.00 e. The quantitative estimate of drug-likeness (QED) is 0.105. The maximum Gasteiger partial charge on any atom is 1.00 e. The topological polar surface area (TPSA) is 110 Å². The number of allylic oxidation sites excluding steroid dienone is 1. The summed E-state index contributed by atoms with van der Waals surface area (Å²) in [5.74, 6) is 0.0250. The van der Waals surface area contributed by atoms with Gasteiger partial charge in [0, 0.05) is 28.1 Å². The van der Waals surface area contributed by atoms with Crippen LogP contribution in [0.1, 0.15) is 30.4 Å². The van der Waals surface area contributed by atoms with Gasteiger partial charge in [0.15, 0.2) is 0 Å². The molecule has 4 rings (SSSR count). The molecule has 1 atom stereocenters. The van der Waals surface area contributed by atoms with Gasteiger partial charge in [-0.3, -0.25) is 0 Å². The van der Waals surface area contributed by atoms with Crippen LogP contribution in [0.2, 0.25) is 0 Å². The number of nitrogens with zero attached hydrogens (tertiary/aromatic N) is 1. The molecule has 190 valence electrons. The van der Waals surface area contributed by atoms with Crippen LogP contribution in [0, 0.1) is 0 Å². The van der Waals surface area contributed by atoms with E-state index in [0.29, 0.717) is 18.6 Å². The van der Waals surface area contributed by atoms with Gasteiger partial charge in [0.25, 0.3) is 0 Å². The van der Waals surface area contributed by atoms with Gasteiger partial charge < -0.3 is 18.2 Å². The molecule has 0 radical (unpaired) electrons. The Kier molecular flexibility index (Phi) is 13.4. The maximum atomic E-state index is 11.1. The van der Waals surface area contributed by atoms with Crippen LogP contribution in [0.25, 0.3) is 5.57 Å². The molecule has 1 aliphatic rings. The summed E-state index contributed by atoms with van der Waals surface area (Å²) >= 11 is -1.08. The van der Waals surface area contributed by atoms with E-state index in [2.05, 4.69) is 41.3 Å². The molecule has 0 aliphatic carbocycles. The van der Waals surface area contributed by atoms with E-state index in [9.17, 15) is 21.7 Å². The zero-order valence-corrected chi connectivity index (χ0v) is 23.8. The van der Waals surface area contributed by atoms with Crippen LogP contribution < -0.4 is 42.6 Å². The van der Waals surface area contributed by atoms with Crippen LogP contribution in [-0.4, -0.2) is 39.8 Å². The maximum absolute atomic E-state index is 11.1. The van der Waals surface area contributed by atoms with Crippen molar-refractivity contribution in [2.24, 2.45) is 0 Å². The third-order valence-corrected chi connectivity index (χ3v) is 8.06. The molecule has 38 heavy (non-hydrogen) atoms. The van der Waals surface area contributed by atoms with Crippen molar-refractivity contribution in [1.29, 1.82) is 0 Å². The second kappa shape index (κ2) is 15.5. The van der Waals surface area contributed by atoms with Gasteiger partial charge in [0.2, 0.25) is 0 Å². The van der Waals surface area contributed by atoms with Gasteiger partial charge in [0.05, 0.1) is 39.5 Å². The average Bonchev–Trinajstić information content (AvgIpc) is 2.86. The summed E-state index contributed by atoms with van der Waals surface area (Å²) in [4.78, 5) is 3.20. The van der Waals surface area contributed by atoms with E-state index >= 15 is 0 Å². The molecule has 1 unspecified atom stereocenters. The first-order valence-electron chi connectivity index (χ1n) is 11.4. The fourth-order valence-electron chi connectivity index (χ4n) is 4.25. The first-order valence-corrected chi connectivity index (χ1v) is 15.0. The third kappa shape index (κ3) is 8.61. The van der Waals surface area contributed by atoms with E-state index in [-0.39, 0.29) is 50.7 Å². The number of fused-ring (bicyclic) bond motifs is 2. The Morgan fingerprint density at radius 3 is 1.97 bits per heavy atom. The van der Waals surface area contributed by atoms with Gasteiger partial charge in [-0.15, -0.1) is 11.8 Å². The van der Waals surface area contributed by atoms with Crippen LogP contribution in [0.3, 0.4) is 0 Å². The molecular formula is C26H25Li2NO6S3. The summed E-state index contributed by atoms with van der Waals surface area (Å²) in [5, 5.41) is 0. The fourth-order valence-corrected chi connectivity index (χ4v) is 6.37. The smallest absolute Gasteiger partial charge is 0.750 e. The Labute approximate surface area is 255 Å². The molecule has 12 heteroatoms. The van der Waals surface area contributed by atoms with E-state index in [1.54, 1.807) is 0 Å². The minimum absolute atomic E-state index is 0. The molecule has 0 saturated heterocycles. The van der Waals surface area contributed by atoms with Crippen LogP contribution in [0.5, 0.6) is 0 Å². The molecule has 3 aromatic carbocycles. The Morgan fingerprint density at radius 2 is 1.42 bits per heavy atom. The van der Waals surface area contributed by atoms with Crippen molar-refractivity contribution in [2.45, 2.75) is 19.3 Å². The molecule has 0 spiro atoms. The van der Waals surface area contributed by atoms with Gasteiger partial charge in [-0.25, -0.2) is 12.6 Å². The predicted octanol–water partition coefficient (Wildman–Crippen LogP) is -0.503. The van der Waals surface area contributed by atoms with E-state index < -0.39 is 27.2 Å². The Bertz CT molecular complexity index is 1320. The Balaban J connectivity index is 0.00000253. The standard InChI is InChI=1S/C26H27NO6S3.2Li/c28-35(29)33-17-8-16-25(34-18-9-19-36(30,31)32)26-21-12-4-6-14-23(21)27(20-10-2-1-3-11-20)24-15-7-5-13-22(24)26;;/h1-7,10-15H,8-9,16-19H2,(H,28,29)(H,30,31,32);;/q;2*+1/p-2. The van der Waals surface area contributed by atoms with Crippen molar-refractivity contribution in [3.8, 4) is 0 Å². The first-order chi connectivity index (χ1) is 17.3. The van der Waals surface area contributed by atoms with Crippen LogP contribution in [0.15, 0.2) is 83.8 Å². The number of para-hydroxylation sites is 3. The van der Waals surface area contributed by atoms with E-state index in [1.807, 2.05) is 42.5 Å². The Morgan fingerprint density at radius 1 is 0.868 bits per heavy atom. The van der Waals surface area contributed by atoms with E-state index in [4.69, 9.17) is 4.18 Å². The number of rotatable bonds is 11. The second-order valence-electron chi connectivity index (χ2n) is 8.10. The molecule has 3 aromatic rings. The summed E-state index contributed by atoms with van der Waals surface area (Å²) in [5.41, 5.74) is 6.10. The summed E-state index contributed by atoms with van der Waals surface area (Å²) in [6.45, 7) is 0.0435. The van der Waals surface area contributed by atoms with Crippen LogP contribution >= 0.6 is 11.8 Å². The summed E-state index contributed by atoms with van der Waals surface area (Å²) in [6, 6.07) is 26.3. The van der Waals surface area contributed by atoms with Gasteiger partial charge in [-0.05, 0) is 54.2 Å². The molecule has 1 heterocycles. The van der Waals surface area contributed by atoms with Crippen molar-refractivity contribution in [3.63, 3.8) is 0 Å². The normalized spacial score (nSPS) is 13.0. The van der Waals surface area contributed by atoms with Gasteiger partial charge in [-0.2, -0.15) is 0 Å². The molecule has 1 aliphatic heterocycles. The van der Waals surface area contributed by atoms with E-state index in [1.165, 1.54) is 11.8 Å². The van der Waals surface area contributed by atoms with Crippen molar-refractivity contribution >= 4 is 55.9 Å². The van der Waals surface area contributed by atoms with Gasteiger partial charge in [-0.1, -0.05) is 54.6 Å². The molecular weight excluding hydrogens is 532 g/mol. The van der Waals surface area contributed by atoms with Crippen molar-refractivity contribution in [1.82, 2.24) is 0 Å². The molecule has 0 aromatic heterocycles. The van der Waals surface area contributed by atoms with Gasteiger partial charge >= 0.3 is 37.7 Å². The van der Waals surface area contributed by atoms with Crippen molar-refractivity contribution in [2.75, 3.05) is 23.0 Å². The zero-order valence-electron chi connectivity index (χ0n) is 21.4. The molecule has 0 saturated carbocycles. The number of hydrogen-bond acceptors (Lipinski definition) is 8. The summed E-state index contributed by atoms with van der Waals surface area (Å²) in [7, 11) is -4.29. The van der Waals surface area contributed by atoms with Crippen LogP contribution in [-0.2, 0) is 25.7 Å². The molecule has 7 nitrogen and oxygen atoms in total.